The highest BCUT2D eigenvalue weighted by Crippen LogP contribution is 2.19. The number of methoxy groups -OCH3 is 1. The second kappa shape index (κ2) is 10.3. The van der Waals surface area contributed by atoms with Crippen molar-refractivity contribution in [2.45, 2.75) is 25.8 Å². The second-order valence-electron chi connectivity index (χ2n) is 6.28. The fourth-order valence-electron chi connectivity index (χ4n) is 2.85. The van der Waals surface area contributed by atoms with Crippen molar-refractivity contribution < 1.29 is 9.53 Å². The van der Waals surface area contributed by atoms with Crippen LogP contribution in [0.15, 0.2) is 52.6 Å². The molecule has 8 heteroatoms. The number of allylic oxidation sites excluding steroid dienone is 1. The predicted molar refractivity (Wildman–Crippen MR) is 110 cm³/mol. The molecule has 28 heavy (non-hydrogen) atoms. The zero-order valence-electron chi connectivity index (χ0n) is 16.0. The van der Waals surface area contributed by atoms with E-state index in [1.165, 1.54) is 9.47 Å². The molecule has 1 aromatic carbocycles. The number of benzene rings is 1. The summed E-state index contributed by atoms with van der Waals surface area (Å²) in [7, 11) is 1.56. The fraction of sp³-hybridized carbons (Fsp3) is 0.350. The van der Waals surface area contributed by atoms with Gasteiger partial charge in [0.05, 0.1) is 6.54 Å². The summed E-state index contributed by atoms with van der Waals surface area (Å²) in [5, 5.41) is 0. The van der Waals surface area contributed by atoms with Gasteiger partial charge in [-0.2, -0.15) is 0 Å². The van der Waals surface area contributed by atoms with Crippen LogP contribution >= 0.6 is 0 Å². The number of hydrogen-bond donors (Lipinski definition) is 2. The quantitative estimate of drug-likeness (QED) is 0.475. The largest absolute Gasteiger partial charge is 0.385 e. The van der Waals surface area contributed by atoms with Gasteiger partial charge in [-0.25, -0.2) is 4.79 Å². The van der Waals surface area contributed by atoms with Crippen molar-refractivity contribution in [2.75, 3.05) is 30.9 Å². The Hall–Kier alpha value is -3.13. The lowest BCUT2D eigenvalue weighted by atomic mass is 10.2. The zero-order chi connectivity index (χ0) is 20.5. The van der Waals surface area contributed by atoms with Crippen LogP contribution in [0.1, 0.15) is 24.8 Å². The Labute approximate surface area is 163 Å². The van der Waals surface area contributed by atoms with E-state index in [0.717, 1.165) is 5.56 Å². The Morgan fingerprint density at radius 3 is 2.68 bits per heavy atom. The van der Waals surface area contributed by atoms with Gasteiger partial charge in [0.1, 0.15) is 5.82 Å². The molecule has 0 unspecified atom stereocenters. The topological polar surface area (TPSA) is 110 Å². The maximum Gasteiger partial charge on any atom is 0.330 e. The summed E-state index contributed by atoms with van der Waals surface area (Å²) >= 11 is 0. The third kappa shape index (κ3) is 5.20. The minimum absolute atomic E-state index is 0.0132. The van der Waals surface area contributed by atoms with Crippen LogP contribution in [-0.4, -0.2) is 35.7 Å². The van der Waals surface area contributed by atoms with Crippen LogP contribution in [-0.2, 0) is 16.1 Å². The highest BCUT2D eigenvalue weighted by molar-refractivity contribution is 5.95. The van der Waals surface area contributed by atoms with Crippen molar-refractivity contribution in [1.82, 2.24) is 9.55 Å². The van der Waals surface area contributed by atoms with Gasteiger partial charge in [0.15, 0.2) is 5.69 Å². The van der Waals surface area contributed by atoms with E-state index in [9.17, 15) is 14.4 Å². The molecule has 0 spiro atoms. The maximum absolute atomic E-state index is 12.7. The molecule has 0 saturated heterocycles. The number of carbonyl (C=O) groups is 1. The number of amides is 1. The van der Waals surface area contributed by atoms with Gasteiger partial charge >= 0.3 is 5.69 Å². The minimum atomic E-state index is -0.684. The van der Waals surface area contributed by atoms with Crippen molar-refractivity contribution in [3.8, 4) is 0 Å². The van der Waals surface area contributed by atoms with E-state index in [1.54, 1.807) is 13.2 Å². The lowest BCUT2D eigenvalue weighted by Gasteiger charge is -2.24. The number of aromatic amines is 1. The molecule has 0 aliphatic heterocycles. The number of nitrogens with one attached hydrogen (secondary N) is 1. The van der Waals surface area contributed by atoms with E-state index in [-0.39, 0.29) is 36.9 Å². The molecule has 0 aliphatic carbocycles. The first-order chi connectivity index (χ1) is 13.5. The molecule has 0 bridgehead atoms. The molecule has 0 fully saturated rings. The molecule has 3 N–H and O–H groups in total. The zero-order valence-corrected chi connectivity index (χ0v) is 16.0. The molecule has 1 aromatic heterocycles. The number of ether oxygens (including phenoxy) is 1. The van der Waals surface area contributed by atoms with Gasteiger partial charge in [0.25, 0.3) is 5.56 Å². The highest BCUT2D eigenvalue weighted by atomic mass is 16.5. The van der Waals surface area contributed by atoms with E-state index in [1.807, 2.05) is 30.3 Å². The van der Waals surface area contributed by atoms with Crippen LogP contribution in [0.25, 0.3) is 0 Å². The first-order valence-corrected chi connectivity index (χ1v) is 9.06. The van der Waals surface area contributed by atoms with E-state index in [0.29, 0.717) is 19.4 Å². The fourth-order valence-corrected chi connectivity index (χ4v) is 2.85. The van der Waals surface area contributed by atoms with E-state index >= 15 is 0 Å². The molecule has 2 aromatic rings. The lowest BCUT2D eigenvalue weighted by molar-refractivity contribution is -0.118. The van der Waals surface area contributed by atoms with Gasteiger partial charge in [-0.05, 0) is 18.4 Å². The van der Waals surface area contributed by atoms with Gasteiger partial charge in [-0.1, -0.05) is 36.4 Å². The van der Waals surface area contributed by atoms with Crippen LogP contribution in [0.3, 0.4) is 0 Å². The number of nitrogens with two attached hydrogens (primary N) is 1. The standard InChI is InChI=1S/C20H26N4O4/c1-3-4-11-16(25)23(12-8-13-28-2)17-18(21)24(20(27)22-19(17)26)14-15-9-6-5-7-10-15/h3,5-7,9-10H,1,4,8,11-14,21H2,2H3,(H,22,26,27). The van der Waals surface area contributed by atoms with E-state index < -0.39 is 11.2 Å². The van der Waals surface area contributed by atoms with E-state index in [2.05, 4.69) is 11.6 Å². The van der Waals surface area contributed by atoms with Crippen molar-refractivity contribution in [3.05, 3.63) is 69.4 Å². The van der Waals surface area contributed by atoms with Crippen molar-refractivity contribution >= 4 is 17.4 Å². The summed E-state index contributed by atoms with van der Waals surface area (Å²) in [6.07, 6.45) is 2.82. The predicted octanol–water partition coefficient (Wildman–Crippen LogP) is 1.50. The van der Waals surface area contributed by atoms with Gasteiger partial charge in [-0.3, -0.25) is 19.1 Å². The smallest absolute Gasteiger partial charge is 0.330 e. The summed E-state index contributed by atoms with van der Waals surface area (Å²) in [6, 6.07) is 9.26. The summed E-state index contributed by atoms with van der Waals surface area (Å²) in [5.41, 5.74) is 5.73. The third-order valence-electron chi connectivity index (χ3n) is 4.26. The highest BCUT2D eigenvalue weighted by Gasteiger charge is 2.23. The number of aromatic nitrogens is 2. The van der Waals surface area contributed by atoms with E-state index in [4.69, 9.17) is 10.5 Å². The summed E-state index contributed by atoms with van der Waals surface area (Å²) in [6.45, 7) is 4.48. The SMILES string of the molecule is C=CCCC(=O)N(CCCOC)c1c(N)n(Cc2ccccc2)c(=O)[nH]c1=O. The molecule has 150 valence electrons. The Kier molecular flexibility index (Phi) is 7.76. The molecular weight excluding hydrogens is 360 g/mol. The van der Waals surface area contributed by atoms with Crippen LogP contribution in [0.4, 0.5) is 11.5 Å². The number of nitrogens with zero attached hydrogens (tertiary/aromatic N) is 2. The Morgan fingerprint density at radius 2 is 2.04 bits per heavy atom. The first kappa shape index (κ1) is 21.2. The maximum atomic E-state index is 12.7. The Morgan fingerprint density at radius 1 is 1.32 bits per heavy atom. The molecule has 1 amide bonds. The number of rotatable bonds is 10. The third-order valence-corrected chi connectivity index (χ3v) is 4.26. The van der Waals surface area contributed by atoms with Crippen molar-refractivity contribution in [3.63, 3.8) is 0 Å². The van der Waals surface area contributed by atoms with Crippen molar-refractivity contribution in [1.29, 1.82) is 0 Å². The van der Waals surface area contributed by atoms with Crippen LogP contribution in [0.5, 0.6) is 0 Å². The summed E-state index contributed by atoms with van der Waals surface area (Å²) < 4.78 is 6.30. The Balaban J connectivity index is 2.47. The van der Waals surface area contributed by atoms with Gasteiger partial charge < -0.3 is 15.4 Å². The molecular formula is C20H26N4O4. The van der Waals surface area contributed by atoms with Crippen LogP contribution < -0.4 is 21.9 Å². The first-order valence-electron chi connectivity index (χ1n) is 9.06. The van der Waals surface area contributed by atoms with Crippen LogP contribution in [0, 0.1) is 0 Å². The average molecular weight is 386 g/mol. The number of hydrogen-bond acceptors (Lipinski definition) is 5. The number of nitrogen functional groups attached to an aromatic ring is 1. The second-order valence-corrected chi connectivity index (χ2v) is 6.28. The van der Waals surface area contributed by atoms with Crippen LogP contribution in [0.2, 0.25) is 0 Å². The molecule has 0 radical (unpaired) electrons. The molecule has 2 rings (SSSR count). The van der Waals surface area contributed by atoms with Crippen molar-refractivity contribution in [2.24, 2.45) is 0 Å². The molecule has 0 atom stereocenters. The molecule has 1 heterocycles. The lowest BCUT2D eigenvalue weighted by Crippen LogP contribution is -2.41. The molecule has 0 aliphatic rings. The Bertz CT molecular complexity index is 918. The number of carbonyl (C=O) groups excluding carboxylic acids is 1. The minimum Gasteiger partial charge on any atom is -0.385 e. The number of H-pyrrole nitrogens is 1. The summed E-state index contributed by atoms with van der Waals surface area (Å²) in [4.78, 5) is 41.2. The van der Waals surface area contributed by atoms with Gasteiger partial charge in [0, 0.05) is 26.7 Å². The van der Waals surface area contributed by atoms with Gasteiger partial charge in [0.2, 0.25) is 5.91 Å². The normalized spacial score (nSPS) is 10.6. The average Bonchev–Trinajstić information content (AvgIpc) is 2.69. The van der Waals surface area contributed by atoms with Gasteiger partial charge in [-0.15, -0.1) is 6.58 Å². The molecule has 8 nitrogen and oxygen atoms in total. The number of anilines is 2. The monoisotopic (exact) mass is 386 g/mol. The summed E-state index contributed by atoms with van der Waals surface area (Å²) in [5.74, 6) is -0.305. The molecule has 0 saturated carbocycles.